The van der Waals surface area contributed by atoms with Crippen molar-refractivity contribution in [3.63, 3.8) is 0 Å². The molecule has 78 valence electrons. The number of aliphatic hydroxyl groups excluding tert-OH is 1. The van der Waals surface area contributed by atoms with E-state index in [9.17, 15) is 4.79 Å². The zero-order valence-corrected chi connectivity index (χ0v) is 8.03. The van der Waals surface area contributed by atoms with Crippen LogP contribution < -0.4 is 0 Å². The van der Waals surface area contributed by atoms with Gasteiger partial charge in [0.25, 0.3) is 0 Å². The van der Waals surface area contributed by atoms with Gasteiger partial charge in [-0.2, -0.15) is 0 Å². The van der Waals surface area contributed by atoms with Crippen molar-refractivity contribution in [3.05, 3.63) is 0 Å². The molecule has 0 aromatic heterocycles. The Morgan fingerprint density at radius 2 is 2.08 bits per heavy atom. The van der Waals surface area contributed by atoms with Gasteiger partial charge in [0.15, 0.2) is 6.10 Å². The second-order valence-corrected chi connectivity index (χ2v) is 2.96. The molecule has 0 saturated carbocycles. The van der Waals surface area contributed by atoms with Crippen molar-refractivity contribution in [3.8, 4) is 0 Å². The van der Waals surface area contributed by atoms with E-state index in [1.807, 2.05) is 0 Å². The first-order valence-corrected chi connectivity index (χ1v) is 4.67. The van der Waals surface area contributed by atoms with Gasteiger partial charge in [0.2, 0.25) is 0 Å². The fourth-order valence-corrected chi connectivity index (χ4v) is 0.875. The number of rotatable bonds is 8. The van der Waals surface area contributed by atoms with Crippen molar-refractivity contribution >= 4 is 5.97 Å². The van der Waals surface area contributed by atoms with Crippen molar-refractivity contribution < 1.29 is 19.7 Å². The summed E-state index contributed by atoms with van der Waals surface area (Å²) >= 11 is 0. The molecule has 0 spiro atoms. The van der Waals surface area contributed by atoms with E-state index in [0.29, 0.717) is 13.2 Å². The summed E-state index contributed by atoms with van der Waals surface area (Å²) in [5, 5.41) is 17.2. The normalized spacial score (nSPS) is 12.8. The zero-order valence-electron chi connectivity index (χ0n) is 8.03. The van der Waals surface area contributed by atoms with Gasteiger partial charge in [-0.15, -0.1) is 0 Å². The highest BCUT2D eigenvalue weighted by Gasteiger charge is 2.11. The maximum atomic E-state index is 10.2. The fourth-order valence-electron chi connectivity index (χ4n) is 0.875. The van der Waals surface area contributed by atoms with Gasteiger partial charge >= 0.3 is 5.97 Å². The molecule has 4 nitrogen and oxygen atoms in total. The predicted molar refractivity (Wildman–Crippen MR) is 48.6 cm³/mol. The number of carboxylic acids is 1. The van der Waals surface area contributed by atoms with Crippen molar-refractivity contribution in [2.24, 2.45) is 0 Å². The maximum Gasteiger partial charge on any atom is 0.332 e. The van der Waals surface area contributed by atoms with Crippen LogP contribution in [-0.4, -0.2) is 35.5 Å². The van der Waals surface area contributed by atoms with Crippen LogP contribution in [0.2, 0.25) is 0 Å². The maximum absolute atomic E-state index is 10.2. The molecule has 13 heavy (non-hydrogen) atoms. The molecule has 0 rings (SSSR count). The average Bonchev–Trinajstić information content (AvgIpc) is 2.10. The molecule has 0 aliphatic carbocycles. The lowest BCUT2D eigenvalue weighted by atomic mass is 10.2. The fraction of sp³-hybridized carbons (Fsp3) is 0.889. The minimum absolute atomic E-state index is 0.168. The number of hydrogen-bond acceptors (Lipinski definition) is 3. The van der Waals surface area contributed by atoms with Crippen molar-refractivity contribution in [1.82, 2.24) is 0 Å². The van der Waals surface area contributed by atoms with Crippen LogP contribution in [0.3, 0.4) is 0 Å². The van der Waals surface area contributed by atoms with Crippen molar-refractivity contribution in [2.45, 2.75) is 38.7 Å². The molecular formula is C9H18O4. The molecule has 1 atom stereocenters. The standard InChI is InChI=1S/C9H18O4/c1-2-3-4-6-13-7-5-8(10)9(11)12/h8,10H,2-7H2,1H3,(H,11,12)/t8-/m1/s1. The molecule has 0 bridgehead atoms. The molecule has 0 aliphatic heterocycles. The van der Waals surface area contributed by atoms with Gasteiger partial charge in [0.05, 0.1) is 0 Å². The van der Waals surface area contributed by atoms with E-state index in [0.717, 1.165) is 19.3 Å². The van der Waals surface area contributed by atoms with Gasteiger partial charge in [-0.25, -0.2) is 4.79 Å². The lowest BCUT2D eigenvalue weighted by Gasteiger charge is -2.05. The van der Waals surface area contributed by atoms with Gasteiger partial charge in [-0.3, -0.25) is 0 Å². The lowest BCUT2D eigenvalue weighted by Crippen LogP contribution is -2.21. The minimum Gasteiger partial charge on any atom is -0.479 e. The Kier molecular flexibility index (Phi) is 7.63. The largest absolute Gasteiger partial charge is 0.479 e. The summed E-state index contributed by atoms with van der Waals surface area (Å²) in [7, 11) is 0. The molecule has 0 unspecified atom stereocenters. The van der Waals surface area contributed by atoms with Crippen LogP contribution in [0.5, 0.6) is 0 Å². The second-order valence-electron chi connectivity index (χ2n) is 2.96. The Bertz CT molecular complexity index is 136. The summed E-state index contributed by atoms with van der Waals surface area (Å²) in [5.41, 5.74) is 0. The van der Waals surface area contributed by atoms with Crippen LogP contribution >= 0.6 is 0 Å². The van der Waals surface area contributed by atoms with E-state index < -0.39 is 12.1 Å². The van der Waals surface area contributed by atoms with Crippen molar-refractivity contribution in [2.75, 3.05) is 13.2 Å². The molecule has 0 radical (unpaired) electrons. The quantitative estimate of drug-likeness (QED) is 0.561. The molecule has 0 aromatic carbocycles. The molecule has 4 heteroatoms. The van der Waals surface area contributed by atoms with E-state index >= 15 is 0 Å². The Balaban J connectivity index is 3.11. The van der Waals surface area contributed by atoms with E-state index in [1.54, 1.807) is 0 Å². The van der Waals surface area contributed by atoms with Gasteiger partial charge in [-0.05, 0) is 6.42 Å². The summed E-state index contributed by atoms with van der Waals surface area (Å²) in [6.45, 7) is 3.07. The summed E-state index contributed by atoms with van der Waals surface area (Å²) in [6.07, 6.45) is 2.15. The van der Waals surface area contributed by atoms with E-state index in [4.69, 9.17) is 14.9 Å². The number of carbonyl (C=O) groups is 1. The molecule has 2 N–H and O–H groups in total. The van der Waals surface area contributed by atoms with Crippen LogP contribution in [0.4, 0.5) is 0 Å². The van der Waals surface area contributed by atoms with Crippen LogP contribution in [0, 0.1) is 0 Å². The average molecular weight is 190 g/mol. The third-order valence-electron chi connectivity index (χ3n) is 1.71. The summed E-state index contributed by atoms with van der Waals surface area (Å²) in [4.78, 5) is 10.2. The SMILES string of the molecule is CCCCCOCC[C@@H](O)C(=O)O. The molecule has 0 aromatic rings. The van der Waals surface area contributed by atoms with Gasteiger partial charge < -0.3 is 14.9 Å². The Morgan fingerprint density at radius 1 is 1.38 bits per heavy atom. The molecule has 0 fully saturated rings. The number of ether oxygens (including phenoxy) is 1. The van der Waals surface area contributed by atoms with Crippen LogP contribution in [0.25, 0.3) is 0 Å². The Hall–Kier alpha value is -0.610. The first-order valence-electron chi connectivity index (χ1n) is 4.67. The van der Waals surface area contributed by atoms with Gasteiger partial charge in [0.1, 0.15) is 0 Å². The highest BCUT2D eigenvalue weighted by molar-refractivity contribution is 5.71. The minimum atomic E-state index is -1.29. The first kappa shape index (κ1) is 12.4. The molecular weight excluding hydrogens is 172 g/mol. The topological polar surface area (TPSA) is 66.8 Å². The monoisotopic (exact) mass is 190 g/mol. The molecule has 0 saturated heterocycles. The van der Waals surface area contributed by atoms with E-state index in [-0.39, 0.29) is 6.42 Å². The van der Waals surface area contributed by atoms with Crippen molar-refractivity contribution in [1.29, 1.82) is 0 Å². The van der Waals surface area contributed by atoms with Gasteiger partial charge in [0, 0.05) is 19.6 Å². The molecule has 0 amide bonds. The summed E-state index contributed by atoms with van der Waals surface area (Å²) < 4.78 is 5.13. The highest BCUT2D eigenvalue weighted by Crippen LogP contribution is 1.96. The third kappa shape index (κ3) is 7.74. The van der Waals surface area contributed by atoms with E-state index in [1.165, 1.54) is 0 Å². The van der Waals surface area contributed by atoms with Crippen LogP contribution in [-0.2, 0) is 9.53 Å². The number of carboxylic acid groups (broad SMARTS) is 1. The van der Waals surface area contributed by atoms with Gasteiger partial charge in [-0.1, -0.05) is 19.8 Å². The predicted octanol–water partition coefficient (Wildman–Crippen LogP) is 1.03. The van der Waals surface area contributed by atoms with Crippen LogP contribution in [0.1, 0.15) is 32.6 Å². The summed E-state index contributed by atoms with van der Waals surface area (Å²) in [5.74, 6) is -1.18. The first-order chi connectivity index (χ1) is 6.18. The van der Waals surface area contributed by atoms with Crippen LogP contribution in [0.15, 0.2) is 0 Å². The molecule has 0 aliphatic rings. The number of aliphatic hydroxyl groups is 1. The highest BCUT2D eigenvalue weighted by atomic mass is 16.5. The smallest absolute Gasteiger partial charge is 0.332 e. The number of unbranched alkanes of at least 4 members (excludes halogenated alkanes) is 2. The molecule has 0 heterocycles. The third-order valence-corrected chi connectivity index (χ3v) is 1.71. The lowest BCUT2D eigenvalue weighted by molar-refractivity contribution is -0.147. The second kappa shape index (κ2) is 8.01. The Labute approximate surface area is 78.5 Å². The number of aliphatic carboxylic acids is 1. The summed E-state index contributed by atoms with van der Waals surface area (Å²) in [6, 6.07) is 0. The Morgan fingerprint density at radius 3 is 2.62 bits per heavy atom. The van der Waals surface area contributed by atoms with E-state index in [2.05, 4.69) is 6.92 Å². The zero-order chi connectivity index (χ0) is 10.1. The number of hydrogen-bond donors (Lipinski definition) is 2.